The summed E-state index contributed by atoms with van der Waals surface area (Å²) in [6, 6.07) is 10.1. The molecule has 0 radical (unpaired) electrons. The molecule has 1 aromatic carbocycles. The first-order chi connectivity index (χ1) is 11.1. The fraction of sp³-hybridized carbons (Fsp3) is 0.368. The Morgan fingerprint density at radius 1 is 1.04 bits per heavy atom. The van der Waals surface area contributed by atoms with E-state index >= 15 is 0 Å². The van der Waals surface area contributed by atoms with Crippen LogP contribution in [-0.4, -0.2) is 16.9 Å². The molecule has 1 amide bonds. The predicted molar refractivity (Wildman–Crippen MR) is 94.0 cm³/mol. The molecule has 0 atom stereocenters. The van der Waals surface area contributed by atoms with Crippen molar-refractivity contribution in [1.29, 1.82) is 0 Å². The maximum Gasteiger partial charge on any atom is 0.274 e. The molecule has 1 aliphatic carbocycles. The molecule has 1 fully saturated rings. The molecule has 0 unspecified atom stereocenters. The number of hydrogen-bond acceptors (Lipinski definition) is 3. The maximum absolute atomic E-state index is 12.3. The molecule has 1 heterocycles. The standard InChI is InChI=1S/C19H23N3O/c1-13-7-8-16(11-14(13)2)22-19(23)18-10-9-17(12-20-18)21-15-5-3-4-6-15/h7-12,15,21H,3-6H2,1-2H3,(H,22,23). The van der Waals surface area contributed by atoms with Gasteiger partial charge in [0.15, 0.2) is 0 Å². The quantitative estimate of drug-likeness (QED) is 0.885. The summed E-state index contributed by atoms with van der Waals surface area (Å²) < 4.78 is 0. The molecular formula is C19H23N3O. The number of carbonyl (C=O) groups is 1. The number of aryl methyl sites for hydroxylation is 2. The van der Waals surface area contributed by atoms with E-state index in [1.165, 1.54) is 31.2 Å². The third-order valence-electron chi connectivity index (χ3n) is 4.49. The lowest BCUT2D eigenvalue weighted by molar-refractivity contribution is 0.102. The van der Waals surface area contributed by atoms with Gasteiger partial charge in [-0.25, -0.2) is 4.98 Å². The predicted octanol–water partition coefficient (Wildman–Crippen LogP) is 4.31. The van der Waals surface area contributed by atoms with Gasteiger partial charge in [-0.3, -0.25) is 4.79 Å². The van der Waals surface area contributed by atoms with E-state index in [1.54, 1.807) is 12.3 Å². The minimum atomic E-state index is -0.180. The summed E-state index contributed by atoms with van der Waals surface area (Å²) in [5, 5.41) is 6.37. The first-order valence-electron chi connectivity index (χ1n) is 8.23. The van der Waals surface area contributed by atoms with E-state index in [1.807, 2.05) is 31.2 Å². The van der Waals surface area contributed by atoms with Crippen molar-refractivity contribution in [2.24, 2.45) is 0 Å². The van der Waals surface area contributed by atoms with Crippen LogP contribution in [0.25, 0.3) is 0 Å². The normalized spacial score (nSPS) is 14.7. The summed E-state index contributed by atoms with van der Waals surface area (Å²) in [5.74, 6) is -0.180. The van der Waals surface area contributed by atoms with Gasteiger partial charge in [0.05, 0.1) is 11.9 Å². The van der Waals surface area contributed by atoms with Crippen LogP contribution in [0.3, 0.4) is 0 Å². The highest BCUT2D eigenvalue weighted by atomic mass is 16.1. The van der Waals surface area contributed by atoms with Gasteiger partial charge >= 0.3 is 0 Å². The van der Waals surface area contributed by atoms with Gasteiger partial charge in [-0.05, 0) is 62.1 Å². The van der Waals surface area contributed by atoms with Crippen LogP contribution in [0.4, 0.5) is 11.4 Å². The molecule has 4 heteroatoms. The number of benzene rings is 1. The number of rotatable bonds is 4. The summed E-state index contributed by atoms with van der Waals surface area (Å²) in [7, 11) is 0. The molecule has 2 aromatic rings. The fourth-order valence-electron chi connectivity index (χ4n) is 2.93. The van der Waals surface area contributed by atoms with Crippen molar-refractivity contribution in [3.05, 3.63) is 53.3 Å². The van der Waals surface area contributed by atoms with Crippen LogP contribution < -0.4 is 10.6 Å². The summed E-state index contributed by atoms with van der Waals surface area (Å²) in [6.45, 7) is 4.09. The topological polar surface area (TPSA) is 54.0 Å². The smallest absolute Gasteiger partial charge is 0.274 e. The minimum absolute atomic E-state index is 0.180. The molecule has 0 spiro atoms. The zero-order valence-corrected chi connectivity index (χ0v) is 13.7. The molecule has 1 saturated carbocycles. The van der Waals surface area contributed by atoms with Crippen molar-refractivity contribution in [3.8, 4) is 0 Å². The molecule has 0 saturated heterocycles. The van der Waals surface area contributed by atoms with Crippen molar-refractivity contribution in [2.45, 2.75) is 45.6 Å². The Morgan fingerprint density at radius 2 is 1.78 bits per heavy atom. The zero-order chi connectivity index (χ0) is 16.2. The van der Waals surface area contributed by atoms with Crippen LogP contribution in [-0.2, 0) is 0 Å². The van der Waals surface area contributed by atoms with Gasteiger partial charge in [0.25, 0.3) is 5.91 Å². The van der Waals surface area contributed by atoms with Crippen molar-refractivity contribution in [2.75, 3.05) is 10.6 Å². The Morgan fingerprint density at radius 3 is 2.43 bits per heavy atom. The Balaban J connectivity index is 1.63. The number of anilines is 2. The first-order valence-corrected chi connectivity index (χ1v) is 8.23. The molecule has 1 aliphatic rings. The van der Waals surface area contributed by atoms with E-state index < -0.39 is 0 Å². The monoisotopic (exact) mass is 309 g/mol. The lowest BCUT2D eigenvalue weighted by atomic mass is 10.1. The van der Waals surface area contributed by atoms with Crippen LogP contribution in [0.2, 0.25) is 0 Å². The number of nitrogens with zero attached hydrogens (tertiary/aromatic N) is 1. The Hall–Kier alpha value is -2.36. The average molecular weight is 309 g/mol. The lowest BCUT2D eigenvalue weighted by Crippen LogP contribution is -2.16. The summed E-state index contributed by atoms with van der Waals surface area (Å²) in [6.07, 6.45) is 6.76. The Kier molecular flexibility index (Phi) is 4.60. The van der Waals surface area contributed by atoms with Gasteiger partial charge in [0.1, 0.15) is 5.69 Å². The van der Waals surface area contributed by atoms with Crippen molar-refractivity contribution in [1.82, 2.24) is 4.98 Å². The minimum Gasteiger partial charge on any atom is -0.381 e. The van der Waals surface area contributed by atoms with Gasteiger partial charge in [-0.15, -0.1) is 0 Å². The maximum atomic E-state index is 12.3. The summed E-state index contributed by atoms with van der Waals surface area (Å²) in [5.41, 5.74) is 4.59. The van der Waals surface area contributed by atoms with Crippen LogP contribution >= 0.6 is 0 Å². The highest BCUT2D eigenvalue weighted by Gasteiger charge is 2.15. The Bertz CT molecular complexity index is 688. The number of carbonyl (C=O) groups excluding carboxylic acids is 1. The van der Waals surface area contributed by atoms with E-state index in [4.69, 9.17) is 0 Å². The van der Waals surface area contributed by atoms with E-state index in [2.05, 4.69) is 22.5 Å². The van der Waals surface area contributed by atoms with Gasteiger partial charge in [0.2, 0.25) is 0 Å². The van der Waals surface area contributed by atoms with E-state index in [0.717, 1.165) is 16.9 Å². The highest BCUT2D eigenvalue weighted by molar-refractivity contribution is 6.03. The van der Waals surface area contributed by atoms with E-state index in [-0.39, 0.29) is 5.91 Å². The molecule has 2 N–H and O–H groups in total. The largest absolute Gasteiger partial charge is 0.381 e. The SMILES string of the molecule is Cc1ccc(NC(=O)c2ccc(NC3CCCC3)cn2)cc1C. The number of aromatic nitrogens is 1. The van der Waals surface area contributed by atoms with Crippen LogP contribution in [0.1, 0.15) is 47.3 Å². The van der Waals surface area contributed by atoms with Crippen molar-refractivity contribution in [3.63, 3.8) is 0 Å². The molecule has 120 valence electrons. The van der Waals surface area contributed by atoms with Crippen LogP contribution in [0.15, 0.2) is 36.5 Å². The van der Waals surface area contributed by atoms with Gasteiger partial charge in [0, 0.05) is 11.7 Å². The second-order valence-electron chi connectivity index (χ2n) is 6.31. The van der Waals surface area contributed by atoms with Crippen molar-refractivity contribution < 1.29 is 4.79 Å². The summed E-state index contributed by atoms with van der Waals surface area (Å²) in [4.78, 5) is 16.6. The molecule has 23 heavy (non-hydrogen) atoms. The molecule has 3 rings (SSSR count). The highest BCUT2D eigenvalue weighted by Crippen LogP contribution is 2.22. The Labute approximate surface area is 137 Å². The van der Waals surface area contributed by atoms with Gasteiger partial charge in [-0.2, -0.15) is 0 Å². The third-order valence-corrected chi connectivity index (χ3v) is 4.49. The number of amides is 1. The number of hydrogen-bond donors (Lipinski definition) is 2. The number of pyridine rings is 1. The van der Waals surface area contributed by atoms with Crippen LogP contribution in [0, 0.1) is 13.8 Å². The second-order valence-corrected chi connectivity index (χ2v) is 6.31. The number of nitrogens with one attached hydrogen (secondary N) is 2. The second kappa shape index (κ2) is 6.82. The van der Waals surface area contributed by atoms with Gasteiger partial charge in [-0.1, -0.05) is 18.9 Å². The van der Waals surface area contributed by atoms with Gasteiger partial charge < -0.3 is 10.6 Å². The molecular weight excluding hydrogens is 286 g/mol. The lowest BCUT2D eigenvalue weighted by Gasteiger charge is -2.13. The van der Waals surface area contributed by atoms with Crippen LogP contribution in [0.5, 0.6) is 0 Å². The fourth-order valence-corrected chi connectivity index (χ4v) is 2.93. The van der Waals surface area contributed by atoms with E-state index in [0.29, 0.717) is 11.7 Å². The molecule has 0 aliphatic heterocycles. The zero-order valence-electron chi connectivity index (χ0n) is 13.7. The van der Waals surface area contributed by atoms with Crippen molar-refractivity contribution >= 4 is 17.3 Å². The first kappa shape index (κ1) is 15.5. The third kappa shape index (κ3) is 3.89. The molecule has 0 bridgehead atoms. The van der Waals surface area contributed by atoms with E-state index in [9.17, 15) is 4.79 Å². The summed E-state index contributed by atoms with van der Waals surface area (Å²) >= 11 is 0. The average Bonchev–Trinajstić information content (AvgIpc) is 3.04. The molecule has 1 aromatic heterocycles. The molecule has 4 nitrogen and oxygen atoms in total.